The largest absolute Gasteiger partial charge is 0.348 e. The van der Waals surface area contributed by atoms with Crippen molar-refractivity contribution in [2.45, 2.75) is 24.3 Å². The Labute approximate surface area is 185 Å². The summed E-state index contributed by atoms with van der Waals surface area (Å²) in [6.07, 6.45) is 0.694. The van der Waals surface area contributed by atoms with Gasteiger partial charge in [0, 0.05) is 4.47 Å². The number of nitrogens with zero attached hydrogens (tertiary/aromatic N) is 1. The SMILES string of the molecule is CC[C@H](NC(=O)CN(c1ccc(Br)cc1)S(=O)(=O)c1ccccc1)c1ccccc1. The van der Waals surface area contributed by atoms with Crippen LogP contribution < -0.4 is 9.62 Å². The molecule has 3 rings (SSSR count). The Morgan fingerprint density at radius 3 is 2.07 bits per heavy atom. The zero-order chi connectivity index (χ0) is 21.6. The molecule has 0 heterocycles. The first-order chi connectivity index (χ1) is 14.4. The van der Waals surface area contributed by atoms with Gasteiger partial charge < -0.3 is 5.32 Å². The van der Waals surface area contributed by atoms with Crippen molar-refractivity contribution >= 4 is 37.5 Å². The molecule has 0 saturated heterocycles. The Morgan fingerprint density at radius 1 is 0.933 bits per heavy atom. The number of carbonyl (C=O) groups excluding carboxylic acids is 1. The van der Waals surface area contributed by atoms with E-state index in [0.717, 1.165) is 14.3 Å². The minimum atomic E-state index is -3.91. The zero-order valence-electron chi connectivity index (χ0n) is 16.5. The van der Waals surface area contributed by atoms with Crippen molar-refractivity contribution < 1.29 is 13.2 Å². The highest BCUT2D eigenvalue weighted by Gasteiger charge is 2.27. The molecular formula is C23H23BrN2O3S. The molecule has 5 nitrogen and oxygen atoms in total. The van der Waals surface area contributed by atoms with Gasteiger partial charge in [-0.2, -0.15) is 0 Å². The van der Waals surface area contributed by atoms with Gasteiger partial charge in [0.05, 0.1) is 16.6 Å². The van der Waals surface area contributed by atoms with Gasteiger partial charge in [0.15, 0.2) is 0 Å². The Kier molecular flexibility index (Phi) is 7.29. The molecule has 0 aliphatic heterocycles. The van der Waals surface area contributed by atoms with Crippen LogP contribution in [-0.4, -0.2) is 20.9 Å². The Balaban J connectivity index is 1.89. The van der Waals surface area contributed by atoms with E-state index in [1.807, 2.05) is 37.3 Å². The van der Waals surface area contributed by atoms with Crippen LogP contribution in [-0.2, 0) is 14.8 Å². The highest BCUT2D eigenvalue weighted by Crippen LogP contribution is 2.25. The van der Waals surface area contributed by atoms with E-state index in [4.69, 9.17) is 0 Å². The van der Waals surface area contributed by atoms with Crippen molar-refractivity contribution in [3.8, 4) is 0 Å². The summed E-state index contributed by atoms with van der Waals surface area (Å²) in [5, 5.41) is 2.96. The number of anilines is 1. The van der Waals surface area contributed by atoms with Crippen molar-refractivity contribution in [1.29, 1.82) is 0 Å². The molecule has 7 heteroatoms. The van der Waals surface area contributed by atoms with Crippen LogP contribution in [0.2, 0.25) is 0 Å². The van der Waals surface area contributed by atoms with Crippen molar-refractivity contribution in [1.82, 2.24) is 5.32 Å². The summed E-state index contributed by atoms with van der Waals surface area (Å²) >= 11 is 3.36. The number of rotatable bonds is 8. The van der Waals surface area contributed by atoms with Crippen LogP contribution in [0.15, 0.2) is 94.3 Å². The van der Waals surface area contributed by atoms with Gasteiger partial charge in [-0.25, -0.2) is 8.42 Å². The molecule has 3 aromatic rings. The predicted molar refractivity (Wildman–Crippen MR) is 123 cm³/mol. The number of nitrogens with one attached hydrogen (secondary N) is 1. The average molecular weight is 487 g/mol. The van der Waals surface area contributed by atoms with E-state index < -0.39 is 10.0 Å². The molecule has 1 amide bonds. The topological polar surface area (TPSA) is 66.5 Å². The van der Waals surface area contributed by atoms with Crippen molar-refractivity contribution in [2.75, 3.05) is 10.8 Å². The van der Waals surface area contributed by atoms with Gasteiger partial charge in [-0.15, -0.1) is 0 Å². The Hall–Kier alpha value is -2.64. The minimum Gasteiger partial charge on any atom is -0.348 e. The third kappa shape index (κ3) is 5.29. The van der Waals surface area contributed by atoms with Crippen LogP contribution in [0, 0.1) is 0 Å². The highest BCUT2D eigenvalue weighted by atomic mass is 79.9. The lowest BCUT2D eigenvalue weighted by Gasteiger charge is -2.25. The summed E-state index contributed by atoms with van der Waals surface area (Å²) < 4.78 is 28.6. The maximum absolute atomic E-state index is 13.3. The van der Waals surface area contributed by atoms with E-state index in [-0.39, 0.29) is 23.4 Å². The number of carbonyl (C=O) groups is 1. The van der Waals surface area contributed by atoms with Crippen molar-refractivity contribution in [3.05, 3.63) is 95.0 Å². The van der Waals surface area contributed by atoms with E-state index in [9.17, 15) is 13.2 Å². The molecular weight excluding hydrogens is 464 g/mol. The van der Waals surface area contributed by atoms with Crippen LogP contribution in [0.5, 0.6) is 0 Å². The van der Waals surface area contributed by atoms with E-state index >= 15 is 0 Å². The summed E-state index contributed by atoms with van der Waals surface area (Å²) in [5.41, 5.74) is 1.40. The first-order valence-corrected chi connectivity index (χ1v) is 11.8. The molecule has 0 radical (unpaired) electrons. The predicted octanol–water partition coefficient (Wildman–Crippen LogP) is 4.91. The molecule has 1 atom stereocenters. The normalized spacial score (nSPS) is 12.2. The van der Waals surface area contributed by atoms with Crippen molar-refractivity contribution in [3.63, 3.8) is 0 Å². The van der Waals surface area contributed by atoms with Gasteiger partial charge in [-0.05, 0) is 48.4 Å². The summed E-state index contributed by atoms with van der Waals surface area (Å²) in [4.78, 5) is 13.0. The number of hydrogen-bond donors (Lipinski definition) is 1. The smallest absolute Gasteiger partial charge is 0.264 e. The molecule has 0 saturated carbocycles. The number of amides is 1. The molecule has 0 fully saturated rings. The molecule has 0 spiro atoms. The number of halogens is 1. The third-order valence-corrected chi connectivity index (χ3v) is 7.00. The standard InChI is InChI=1S/C23H23BrN2O3S/c1-2-22(18-9-5-3-6-10-18)25-23(27)17-26(20-15-13-19(24)14-16-20)30(28,29)21-11-7-4-8-12-21/h3-16,22H,2,17H2,1H3,(H,25,27)/t22-/m0/s1. The maximum Gasteiger partial charge on any atom is 0.264 e. The van der Waals surface area contributed by atoms with Gasteiger partial charge in [-0.1, -0.05) is 71.4 Å². The van der Waals surface area contributed by atoms with Gasteiger partial charge in [0.1, 0.15) is 6.54 Å². The maximum atomic E-state index is 13.3. The first-order valence-electron chi connectivity index (χ1n) is 9.59. The quantitative estimate of drug-likeness (QED) is 0.491. The molecule has 0 aliphatic rings. The van der Waals surface area contributed by atoms with E-state index in [1.54, 1.807) is 42.5 Å². The lowest BCUT2D eigenvalue weighted by molar-refractivity contribution is -0.120. The van der Waals surface area contributed by atoms with Crippen LogP contribution >= 0.6 is 15.9 Å². The second-order valence-electron chi connectivity index (χ2n) is 6.74. The van der Waals surface area contributed by atoms with E-state index in [1.165, 1.54) is 12.1 Å². The molecule has 0 unspecified atom stereocenters. The molecule has 1 N–H and O–H groups in total. The van der Waals surface area contributed by atoms with Crippen LogP contribution in [0.1, 0.15) is 24.9 Å². The average Bonchev–Trinajstić information content (AvgIpc) is 2.77. The van der Waals surface area contributed by atoms with Gasteiger partial charge in [0.25, 0.3) is 10.0 Å². The molecule has 3 aromatic carbocycles. The molecule has 0 bridgehead atoms. The second kappa shape index (κ2) is 9.91. The van der Waals surface area contributed by atoms with Crippen molar-refractivity contribution in [2.24, 2.45) is 0 Å². The lowest BCUT2D eigenvalue weighted by Crippen LogP contribution is -2.42. The van der Waals surface area contributed by atoms with E-state index in [2.05, 4.69) is 21.2 Å². The van der Waals surface area contributed by atoms with Gasteiger partial charge in [0.2, 0.25) is 5.91 Å². The summed E-state index contributed by atoms with van der Waals surface area (Å²) in [5.74, 6) is -0.367. The fraction of sp³-hybridized carbons (Fsp3) is 0.174. The summed E-state index contributed by atoms with van der Waals surface area (Å²) in [6, 6.07) is 24.4. The Bertz CT molecular complexity index is 1070. The fourth-order valence-corrected chi connectivity index (χ4v) is 4.83. The summed E-state index contributed by atoms with van der Waals surface area (Å²) in [7, 11) is -3.91. The highest BCUT2D eigenvalue weighted by molar-refractivity contribution is 9.10. The molecule has 156 valence electrons. The van der Waals surface area contributed by atoms with Crippen LogP contribution in [0.25, 0.3) is 0 Å². The summed E-state index contributed by atoms with van der Waals surface area (Å²) in [6.45, 7) is 1.66. The van der Waals surface area contributed by atoms with E-state index in [0.29, 0.717) is 12.1 Å². The number of hydrogen-bond acceptors (Lipinski definition) is 3. The number of sulfonamides is 1. The monoisotopic (exact) mass is 486 g/mol. The Morgan fingerprint density at radius 2 is 1.50 bits per heavy atom. The third-order valence-electron chi connectivity index (χ3n) is 4.68. The van der Waals surface area contributed by atoms with Crippen LogP contribution in [0.4, 0.5) is 5.69 Å². The van der Waals surface area contributed by atoms with Gasteiger partial charge >= 0.3 is 0 Å². The minimum absolute atomic E-state index is 0.135. The fourth-order valence-electron chi connectivity index (χ4n) is 3.12. The molecule has 30 heavy (non-hydrogen) atoms. The molecule has 0 aromatic heterocycles. The number of benzene rings is 3. The lowest BCUT2D eigenvalue weighted by atomic mass is 10.0. The zero-order valence-corrected chi connectivity index (χ0v) is 18.9. The van der Waals surface area contributed by atoms with Crippen LogP contribution in [0.3, 0.4) is 0 Å². The first kappa shape index (κ1) is 22.1. The second-order valence-corrected chi connectivity index (χ2v) is 9.52. The van der Waals surface area contributed by atoms with Gasteiger partial charge in [-0.3, -0.25) is 9.10 Å². The molecule has 0 aliphatic carbocycles.